The van der Waals surface area contributed by atoms with E-state index in [0.717, 1.165) is 5.56 Å². The molecule has 2 N–H and O–H groups in total. The number of benzene rings is 1. The van der Waals surface area contributed by atoms with E-state index in [1.807, 2.05) is 0 Å². The highest BCUT2D eigenvalue weighted by atomic mass is 35.5. The van der Waals surface area contributed by atoms with E-state index in [0.29, 0.717) is 13.0 Å². The number of nitrogens with one attached hydrogen (secondary N) is 1. The molecule has 0 aromatic heterocycles. The fourth-order valence-electron chi connectivity index (χ4n) is 1.74. The number of carboxylic acid groups (broad SMARTS) is 1. The number of halogens is 1. The first kappa shape index (κ1) is 17.9. The van der Waals surface area contributed by atoms with Crippen LogP contribution in [-0.4, -0.2) is 39.3 Å². The van der Waals surface area contributed by atoms with Crippen molar-refractivity contribution in [1.29, 1.82) is 0 Å². The van der Waals surface area contributed by atoms with Gasteiger partial charge in [0.2, 0.25) is 10.0 Å². The third-order valence-electron chi connectivity index (χ3n) is 2.81. The molecule has 0 aliphatic rings. The second-order valence-corrected chi connectivity index (χ2v) is 6.67. The van der Waals surface area contributed by atoms with Crippen LogP contribution in [0.5, 0.6) is 0 Å². The van der Waals surface area contributed by atoms with Crippen molar-refractivity contribution in [3.63, 3.8) is 0 Å². The van der Waals surface area contributed by atoms with E-state index < -0.39 is 22.0 Å². The van der Waals surface area contributed by atoms with Crippen molar-refractivity contribution in [2.75, 3.05) is 13.7 Å². The molecule has 118 valence electrons. The Morgan fingerprint density at radius 1 is 1.48 bits per heavy atom. The van der Waals surface area contributed by atoms with E-state index in [4.69, 9.17) is 21.4 Å². The van der Waals surface area contributed by atoms with Gasteiger partial charge in [-0.05, 0) is 37.5 Å². The molecule has 8 heteroatoms. The van der Waals surface area contributed by atoms with Gasteiger partial charge in [0, 0.05) is 13.7 Å². The summed E-state index contributed by atoms with van der Waals surface area (Å²) in [6.45, 7) is 2.14. The molecule has 0 amide bonds. The maximum absolute atomic E-state index is 12.2. The van der Waals surface area contributed by atoms with E-state index >= 15 is 0 Å². The van der Waals surface area contributed by atoms with Crippen molar-refractivity contribution in [3.05, 3.63) is 28.8 Å². The summed E-state index contributed by atoms with van der Waals surface area (Å²) in [6, 6.07) is 3.24. The Kier molecular flexibility index (Phi) is 6.60. The normalized spacial score (nSPS) is 13.1. The highest BCUT2D eigenvalue weighted by Gasteiger charge is 2.26. The second-order valence-electron chi connectivity index (χ2n) is 4.58. The summed E-state index contributed by atoms with van der Waals surface area (Å²) in [7, 11) is -2.50. The Morgan fingerprint density at radius 3 is 2.67 bits per heavy atom. The Morgan fingerprint density at radius 2 is 2.14 bits per heavy atom. The van der Waals surface area contributed by atoms with Gasteiger partial charge in [0.15, 0.2) is 0 Å². The molecule has 0 radical (unpaired) electrons. The summed E-state index contributed by atoms with van der Waals surface area (Å²) in [5.74, 6) is -1.24. The van der Waals surface area contributed by atoms with Gasteiger partial charge < -0.3 is 9.84 Å². The fraction of sp³-hybridized carbons (Fsp3) is 0.462. The molecular weight excluding hydrogens is 318 g/mol. The van der Waals surface area contributed by atoms with Gasteiger partial charge in [-0.25, -0.2) is 8.42 Å². The molecular formula is C13H18ClNO5S. The largest absolute Gasteiger partial charge is 0.480 e. The average molecular weight is 336 g/mol. The molecule has 0 aliphatic carbocycles. The maximum Gasteiger partial charge on any atom is 0.321 e. The van der Waals surface area contributed by atoms with Crippen molar-refractivity contribution in [2.24, 2.45) is 0 Å². The number of hydrogen-bond donors (Lipinski definition) is 2. The SMILES string of the molecule is COCCCC(NS(=O)(=O)c1ccc(C)cc1Cl)C(=O)O. The van der Waals surface area contributed by atoms with Gasteiger partial charge in [-0.1, -0.05) is 17.7 Å². The van der Waals surface area contributed by atoms with Crippen LogP contribution in [0.1, 0.15) is 18.4 Å². The summed E-state index contributed by atoms with van der Waals surface area (Å²) in [6.07, 6.45) is 0.559. The molecule has 1 aromatic carbocycles. The fourth-order valence-corrected chi connectivity index (χ4v) is 3.56. The number of ether oxygens (including phenoxy) is 1. The lowest BCUT2D eigenvalue weighted by Crippen LogP contribution is -2.40. The van der Waals surface area contributed by atoms with Crippen molar-refractivity contribution in [2.45, 2.75) is 30.7 Å². The number of sulfonamides is 1. The third kappa shape index (κ3) is 5.28. The van der Waals surface area contributed by atoms with Crippen LogP contribution in [0, 0.1) is 6.92 Å². The average Bonchev–Trinajstić information content (AvgIpc) is 2.36. The van der Waals surface area contributed by atoms with Gasteiger partial charge in [0.25, 0.3) is 0 Å². The van der Waals surface area contributed by atoms with Crippen LogP contribution < -0.4 is 4.72 Å². The molecule has 0 bridgehead atoms. The molecule has 1 rings (SSSR count). The van der Waals surface area contributed by atoms with E-state index in [2.05, 4.69) is 4.72 Å². The molecule has 0 saturated carbocycles. The first-order valence-corrected chi connectivity index (χ1v) is 8.14. The maximum atomic E-state index is 12.2. The van der Waals surface area contributed by atoms with Gasteiger partial charge in [-0.2, -0.15) is 4.72 Å². The van der Waals surface area contributed by atoms with Gasteiger partial charge in [0.05, 0.1) is 5.02 Å². The summed E-state index contributed by atoms with van der Waals surface area (Å²) < 4.78 is 31.4. The zero-order valence-corrected chi connectivity index (χ0v) is 13.4. The number of carboxylic acids is 1. The van der Waals surface area contributed by atoms with Crippen molar-refractivity contribution in [3.8, 4) is 0 Å². The summed E-state index contributed by atoms with van der Waals surface area (Å²) in [4.78, 5) is 11.0. The minimum atomic E-state index is -3.99. The molecule has 1 unspecified atom stereocenters. The standard InChI is InChI=1S/C13H18ClNO5S/c1-9-5-6-12(10(14)8-9)21(18,19)15-11(13(16)17)4-3-7-20-2/h5-6,8,11,15H,3-4,7H2,1-2H3,(H,16,17). The number of aryl methyl sites for hydroxylation is 1. The van der Waals surface area contributed by atoms with Crippen LogP contribution in [-0.2, 0) is 19.6 Å². The van der Waals surface area contributed by atoms with Crippen molar-refractivity contribution >= 4 is 27.6 Å². The second kappa shape index (κ2) is 7.74. The zero-order valence-electron chi connectivity index (χ0n) is 11.8. The van der Waals surface area contributed by atoms with Gasteiger partial charge >= 0.3 is 5.97 Å². The number of methoxy groups -OCH3 is 1. The first-order valence-electron chi connectivity index (χ1n) is 6.28. The van der Waals surface area contributed by atoms with Crippen LogP contribution >= 0.6 is 11.6 Å². The van der Waals surface area contributed by atoms with Gasteiger partial charge in [0.1, 0.15) is 10.9 Å². The molecule has 1 aromatic rings. The summed E-state index contributed by atoms with van der Waals surface area (Å²) in [5.41, 5.74) is 0.814. The number of rotatable bonds is 8. The molecule has 6 nitrogen and oxygen atoms in total. The summed E-state index contributed by atoms with van der Waals surface area (Å²) >= 11 is 5.92. The molecule has 0 saturated heterocycles. The predicted octanol–water partition coefficient (Wildman–Crippen LogP) is 1.81. The van der Waals surface area contributed by atoms with Crippen molar-refractivity contribution < 1.29 is 23.1 Å². The highest BCUT2D eigenvalue weighted by molar-refractivity contribution is 7.89. The van der Waals surface area contributed by atoms with Crippen molar-refractivity contribution in [1.82, 2.24) is 4.72 Å². The lowest BCUT2D eigenvalue weighted by Gasteiger charge is -2.15. The molecule has 1 atom stereocenters. The minimum absolute atomic E-state index is 0.0588. The van der Waals surface area contributed by atoms with E-state index in [1.54, 1.807) is 13.0 Å². The summed E-state index contributed by atoms with van der Waals surface area (Å²) in [5, 5.41) is 9.15. The molecule has 0 fully saturated rings. The van der Waals surface area contributed by atoms with Gasteiger partial charge in [-0.3, -0.25) is 4.79 Å². The Labute approximate surface area is 129 Å². The van der Waals surface area contributed by atoms with Crippen LogP contribution in [0.15, 0.2) is 23.1 Å². The third-order valence-corrected chi connectivity index (χ3v) is 4.77. The van der Waals surface area contributed by atoms with Crippen LogP contribution in [0.25, 0.3) is 0 Å². The van der Waals surface area contributed by atoms with E-state index in [1.165, 1.54) is 19.2 Å². The lowest BCUT2D eigenvalue weighted by molar-refractivity contribution is -0.139. The highest BCUT2D eigenvalue weighted by Crippen LogP contribution is 2.22. The van der Waals surface area contributed by atoms with Crippen LogP contribution in [0.4, 0.5) is 0 Å². The Bertz CT molecular complexity index is 603. The molecule has 21 heavy (non-hydrogen) atoms. The predicted molar refractivity (Wildman–Crippen MR) is 79.0 cm³/mol. The van der Waals surface area contributed by atoms with Crippen LogP contribution in [0.2, 0.25) is 5.02 Å². The smallest absolute Gasteiger partial charge is 0.321 e. The van der Waals surface area contributed by atoms with Crippen LogP contribution in [0.3, 0.4) is 0 Å². The van der Waals surface area contributed by atoms with E-state index in [-0.39, 0.29) is 16.3 Å². The lowest BCUT2D eigenvalue weighted by atomic mass is 10.2. The van der Waals surface area contributed by atoms with E-state index in [9.17, 15) is 13.2 Å². The molecule has 0 spiro atoms. The topological polar surface area (TPSA) is 92.7 Å². The minimum Gasteiger partial charge on any atom is -0.480 e. The first-order chi connectivity index (χ1) is 9.77. The zero-order chi connectivity index (χ0) is 16.0. The quantitative estimate of drug-likeness (QED) is 0.707. The number of hydrogen-bond acceptors (Lipinski definition) is 4. The Balaban J connectivity index is 2.92. The number of aliphatic carboxylic acids is 1. The molecule has 0 heterocycles. The monoisotopic (exact) mass is 335 g/mol. The Hall–Kier alpha value is -1.15. The number of carbonyl (C=O) groups is 1. The van der Waals surface area contributed by atoms with Gasteiger partial charge in [-0.15, -0.1) is 0 Å². The molecule has 0 aliphatic heterocycles.